The van der Waals surface area contributed by atoms with Gasteiger partial charge in [0.05, 0.1) is 15.2 Å². The minimum atomic E-state index is 0.611. The van der Waals surface area contributed by atoms with Gasteiger partial charge >= 0.3 is 0 Å². The second kappa shape index (κ2) is 6.54. The summed E-state index contributed by atoms with van der Waals surface area (Å²) in [6.45, 7) is 3.20. The number of fused-ring (bicyclic) bond motifs is 2. The molecule has 1 aliphatic carbocycles. The summed E-state index contributed by atoms with van der Waals surface area (Å²) < 4.78 is 6.88. The first-order valence-corrected chi connectivity index (χ1v) is 10.2. The van der Waals surface area contributed by atoms with Crippen molar-refractivity contribution in [1.82, 2.24) is 15.0 Å². The fraction of sp³-hybridized carbons (Fsp3) is 0.500. The molecule has 1 aliphatic heterocycles. The van der Waals surface area contributed by atoms with Crippen LogP contribution in [0.1, 0.15) is 53.6 Å². The minimum absolute atomic E-state index is 0.611. The summed E-state index contributed by atoms with van der Waals surface area (Å²) in [6.07, 6.45) is 7.13. The Morgan fingerprint density at radius 1 is 1.12 bits per heavy atom. The highest BCUT2D eigenvalue weighted by Gasteiger charge is 2.26. The van der Waals surface area contributed by atoms with E-state index in [2.05, 4.69) is 34.3 Å². The number of rotatable bonds is 3. The van der Waals surface area contributed by atoms with Crippen molar-refractivity contribution in [2.75, 3.05) is 13.1 Å². The molecule has 0 radical (unpaired) electrons. The predicted octanol–water partition coefficient (Wildman–Crippen LogP) is 4.54. The summed E-state index contributed by atoms with van der Waals surface area (Å²) in [7, 11) is 0. The van der Waals surface area contributed by atoms with Gasteiger partial charge in [-0.15, -0.1) is 11.3 Å². The molecule has 0 saturated carbocycles. The molecule has 0 N–H and O–H groups in total. The zero-order valence-electron chi connectivity index (χ0n) is 14.4. The molecule has 1 fully saturated rings. The molecular weight excluding hydrogens is 330 g/mol. The molecule has 3 aromatic rings. The van der Waals surface area contributed by atoms with Crippen molar-refractivity contribution in [3.8, 4) is 0 Å². The van der Waals surface area contributed by atoms with Crippen molar-refractivity contribution in [3.05, 3.63) is 46.3 Å². The molecule has 2 aliphatic rings. The average Bonchev–Trinajstić information content (AvgIpc) is 3.27. The standard InChI is InChI=1S/C20H23N3OS/c1-3-7-18-15(5-1)17(22-24-18)13-23-11-9-14(10-12-23)20-21-16-6-2-4-8-19(16)25-20/h2,4,6,8,14H,1,3,5,7,9-13H2. The topological polar surface area (TPSA) is 42.2 Å². The summed E-state index contributed by atoms with van der Waals surface area (Å²) in [5.41, 5.74) is 3.74. The number of thiazole rings is 1. The van der Waals surface area contributed by atoms with E-state index in [0.717, 1.165) is 43.8 Å². The smallest absolute Gasteiger partial charge is 0.140 e. The molecule has 0 amide bonds. The Bertz CT molecular complexity index is 843. The first kappa shape index (κ1) is 15.5. The van der Waals surface area contributed by atoms with E-state index < -0.39 is 0 Å². The van der Waals surface area contributed by atoms with E-state index in [1.54, 1.807) is 0 Å². The second-order valence-corrected chi connectivity index (χ2v) is 8.37. The van der Waals surface area contributed by atoms with Gasteiger partial charge in [0.1, 0.15) is 11.5 Å². The van der Waals surface area contributed by atoms with Gasteiger partial charge in [0.25, 0.3) is 0 Å². The maximum Gasteiger partial charge on any atom is 0.140 e. The largest absolute Gasteiger partial charge is 0.361 e. The van der Waals surface area contributed by atoms with E-state index in [-0.39, 0.29) is 0 Å². The Balaban J connectivity index is 1.24. The molecule has 3 heterocycles. The first-order chi connectivity index (χ1) is 12.4. The normalized spacial score (nSPS) is 19.4. The van der Waals surface area contributed by atoms with Gasteiger partial charge in [-0.25, -0.2) is 4.98 Å². The fourth-order valence-corrected chi connectivity index (χ4v) is 5.32. The lowest BCUT2D eigenvalue weighted by Crippen LogP contribution is -2.32. The summed E-state index contributed by atoms with van der Waals surface area (Å²) in [5, 5.41) is 5.69. The molecule has 130 valence electrons. The van der Waals surface area contributed by atoms with E-state index in [0.29, 0.717) is 5.92 Å². The molecule has 25 heavy (non-hydrogen) atoms. The molecule has 2 aromatic heterocycles. The third-order valence-corrected chi connectivity index (χ3v) is 6.85. The van der Waals surface area contributed by atoms with Crippen LogP contribution >= 0.6 is 11.3 Å². The zero-order chi connectivity index (χ0) is 16.6. The number of benzene rings is 1. The minimum Gasteiger partial charge on any atom is -0.361 e. The quantitative estimate of drug-likeness (QED) is 0.693. The van der Waals surface area contributed by atoms with Crippen LogP contribution in [0, 0.1) is 0 Å². The highest BCUT2D eigenvalue weighted by molar-refractivity contribution is 7.18. The van der Waals surface area contributed by atoms with Crippen molar-refractivity contribution in [2.24, 2.45) is 0 Å². The number of aromatic nitrogens is 2. The van der Waals surface area contributed by atoms with Gasteiger partial charge in [0, 0.05) is 24.4 Å². The van der Waals surface area contributed by atoms with Crippen LogP contribution in [-0.2, 0) is 19.4 Å². The van der Waals surface area contributed by atoms with Crippen molar-refractivity contribution in [1.29, 1.82) is 0 Å². The number of nitrogens with zero attached hydrogens (tertiary/aromatic N) is 3. The molecule has 0 unspecified atom stereocenters. The van der Waals surface area contributed by atoms with E-state index in [4.69, 9.17) is 9.51 Å². The van der Waals surface area contributed by atoms with Crippen molar-refractivity contribution in [2.45, 2.75) is 51.0 Å². The molecule has 1 aromatic carbocycles. The van der Waals surface area contributed by atoms with Crippen molar-refractivity contribution in [3.63, 3.8) is 0 Å². The SMILES string of the molecule is c1ccc2sc(C3CCN(Cc4noc5c4CCCC5)CC3)nc2c1. The average molecular weight is 353 g/mol. The summed E-state index contributed by atoms with van der Waals surface area (Å²) in [6, 6.07) is 8.48. The van der Waals surface area contributed by atoms with Crippen LogP contribution < -0.4 is 0 Å². The van der Waals surface area contributed by atoms with E-state index in [9.17, 15) is 0 Å². The maximum absolute atomic E-state index is 5.57. The van der Waals surface area contributed by atoms with Crippen molar-refractivity contribution >= 4 is 21.6 Å². The Kier molecular flexibility index (Phi) is 4.06. The molecule has 0 bridgehead atoms. The molecule has 5 rings (SSSR count). The Morgan fingerprint density at radius 2 is 1.96 bits per heavy atom. The Labute approximate surface area is 151 Å². The monoisotopic (exact) mass is 353 g/mol. The lowest BCUT2D eigenvalue weighted by atomic mass is 9.95. The number of piperidine rings is 1. The molecule has 5 heteroatoms. The first-order valence-electron chi connectivity index (χ1n) is 9.41. The number of hydrogen-bond donors (Lipinski definition) is 0. The van der Waals surface area contributed by atoms with Crippen LogP contribution in [0.3, 0.4) is 0 Å². The lowest BCUT2D eigenvalue weighted by Gasteiger charge is -2.30. The van der Waals surface area contributed by atoms with Gasteiger partial charge < -0.3 is 4.52 Å². The lowest BCUT2D eigenvalue weighted by molar-refractivity contribution is 0.199. The third kappa shape index (κ3) is 3.00. The molecule has 0 spiro atoms. The summed E-state index contributed by atoms with van der Waals surface area (Å²) in [4.78, 5) is 7.41. The van der Waals surface area contributed by atoms with Crippen LogP contribution in [0.25, 0.3) is 10.2 Å². The highest BCUT2D eigenvalue weighted by atomic mass is 32.1. The molecule has 0 atom stereocenters. The second-order valence-electron chi connectivity index (χ2n) is 7.31. The number of likely N-dealkylation sites (tertiary alicyclic amines) is 1. The number of aryl methyl sites for hydroxylation is 1. The molecular formula is C20H23N3OS. The maximum atomic E-state index is 5.57. The van der Waals surface area contributed by atoms with Crippen LogP contribution in [0.2, 0.25) is 0 Å². The fourth-order valence-electron chi connectivity index (χ4n) is 4.19. The van der Waals surface area contributed by atoms with Gasteiger partial charge in [-0.3, -0.25) is 4.90 Å². The third-order valence-electron chi connectivity index (χ3n) is 5.65. The Hall–Kier alpha value is -1.72. The van der Waals surface area contributed by atoms with Gasteiger partial charge in [0.15, 0.2) is 0 Å². The van der Waals surface area contributed by atoms with E-state index in [1.165, 1.54) is 46.6 Å². The van der Waals surface area contributed by atoms with Gasteiger partial charge in [0.2, 0.25) is 0 Å². The van der Waals surface area contributed by atoms with E-state index >= 15 is 0 Å². The molecule has 1 saturated heterocycles. The van der Waals surface area contributed by atoms with Gasteiger partial charge in [-0.05, 0) is 57.3 Å². The van der Waals surface area contributed by atoms with Crippen LogP contribution in [0.5, 0.6) is 0 Å². The van der Waals surface area contributed by atoms with Gasteiger partial charge in [-0.1, -0.05) is 17.3 Å². The van der Waals surface area contributed by atoms with Crippen molar-refractivity contribution < 1.29 is 4.52 Å². The van der Waals surface area contributed by atoms with Crippen LogP contribution in [0.15, 0.2) is 28.8 Å². The van der Waals surface area contributed by atoms with Crippen LogP contribution in [0.4, 0.5) is 0 Å². The van der Waals surface area contributed by atoms with E-state index in [1.807, 2.05) is 11.3 Å². The zero-order valence-corrected chi connectivity index (χ0v) is 15.2. The van der Waals surface area contributed by atoms with Gasteiger partial charge in [-0.2, -0.15) is 0 Å². The van der Waals surface area contributed by atoms with Crippen LogP contribution in [-0.4, -0.2) is 28.1 Å². The highest BCUT2D eigenvalue weighted by Crippen LogP contribution is 2.34. The predicted molar refractivity (Wildman–Crippen MR) is 100 cm³/mol. The number of hydrogen-bond acceptors (Lipinski definition) is 5. The number of para-hydroxylation sites is 1. The molecule has 4 nitrogen and oxygen atoms in total. The summed E-state index contributed by atoms with van der Waals surface area (Å²) in [5.74, 6) is 1.76. The summed E-state index contributed by atoms with van der Waals surface area (Å²) >= 11 is 1.87. The Morgan fingerprint density at radius 3 is 2.84 bits per heavy atom.